The van der Waals surface area contributed by atoms with E-state index in [2.05, 4.69) is 21.2 Å². The van der Waals surface area contributed by atoms with Crippen LogP contribution in [0.25, 0.3) is 6.08 Å². The number of carbonyl (C=O) groups is 1. The molecule has 0 aliphatic carbocycles. The molecule has 0 radical (unpaired) electrons. The molecule has 0 fully saturated rings. The van der Waals surface area contributed by atoms with E-state index in [-0.39, 0.29) is 28.6 Å². The SMILES string of the molecule is CCOc1cc(/C=C(\C#N)C(=O)Nc2cc([N+](=O)[O-])ccc2Cl)cc(Br)c1OCc1ccc(Cl)cc1. The monoisotopic (exact) mass is 589 g/mol. The molecule has 0 aliphatic heterocycles. The first-order valence-electron chi connectivity index (χ1n) is 10.4. The quantitative estimate of drug-likeness (QED) is 0.122. The van der Waals surface area contributed by atoms with Crippen LogP contribution in [-0.4, -0.2) is 17.4 Å². The lowest BCUT2D eigenvalue weighted by molar-refractivity contribution is -0.384. The normalized spacial score (nSPS) is 10.9. The average molecular weight is 591 g/mol. The Morgan fingerprint density at radius 1 is 1.17 bits per heavy atom. The fraction of sp³-hybridized carbons (Fsp3) is 0.120. The third-order valence-electron chi connectivity index (χ3n) is 4.71. The van der Waals surface area contributed by atoms with Crippen molar-refractivity contribution >= 4 is 62.5 Å². The molecule has 11 heteroatoms. The molecule has 1 amide bonds. The standard InChI is InChI=1S/C25H18BrCl2N3O5/c1-2-35-23-11-16(10-20(26)24(23)36-14-15-3-5-18(27)6-4-15)9-17(13-29)25(32)30-22-12-19(31(33)34)7-8-21(22)28/h3-12H,2,14H2,1H3,(H,30,32)/b17-9+. The number of benzene rings is 3. The highest BCUT2D eigenvalue weighted by molar-refractivity contribution is 9.10. The summed E-state index contributed by atoms with van der Waals surface area (Å²) in [5.41, 5.74) is 0.902. The van der Waals surface area contributed by atoms with Crippen LogP contribution in [0.15, 0.2) is 64.6 Å². The second kappa shape index (κ2) is 12.4. The van der Waals surface area contributed by atoms with Gasteiger partial charge in [-0.3, -0.25) is 14.9 Å². The third kappa shape index (κ3) is 6.98. The van der Waals surface area contributed by atoms with E-state index in [9.17, 15) is 20.2 Å². The Hall–Kier alpha value is -3.58. The molecule has 8 nitrogen and oxygen atoms in total. The molecule has 3 aromatic carbocycles. The van der Waals surface area contributed by atoms with Crippen molar-refractivity contribution in [2.75, 3.05) is 11.9 Å². The lowest BCUT2D eigenvalue weighted by Crippen LogP contribution is -2.14. The summed E-state index contributed by atoms with van der Waals surface area (Å²) in [6.45, 7) is 2.44. The maximum atomic E-state index is 12.7. The van der Waals surface area contributed by atoms with Crippen molar-refractivity contribution < 1.29 is 19.2 Å². The Morgan fingerprint density at radius 2 is 1.89 bits per heavy atom. The van der Waals surface area contributed by atoms with E-state index in [0.717, 1.165) is 11.6 Å². The summed E-state index contributed by atoms with van der Waals surface area (Å²) < 4.78 is 12.2. The number of hydrogen-bond donors (Lipinski definition) is 1. The van der Waals surface area contributed by atoms with Gasteiger partial charge in [0.1, 0.15) is 18.2 Å². The van der Waals surface area contributed by atoms with Gasteiger partial charge in [0.25, 0.3) is 11.6 Å². The van der Waals surface area contributed by atoms with E-state index in [1.165, 1.54) is 18.2 Å². The van der Waals surface area contributed by atoms with Gasteiger partial charge < -0.3 is 14.8 Å². The van der Waals surface area contributed by atoms with Gasteiger partial charge in [0.05, 0.1) is 26.7 Å². The predicted molar refractivity (Wildman–Crippen MR) is 141 cm³/mol. The van der Waals surface area contributed by atoms with Crippen LogP contribution < -0.4 is 14.8 Å². The molecule has 0 heterocycles. The van der Waals surface area contributed by atoms with Crippen LogP contribution in [0.4, 0.5) is 11.4 Å². The van der Waals surface area contributed by atoms with Crippen molar-refractivity contribution in [2.45, 2.75) is 13.5 Å². The Morgan fingerprint density at radius 3 is 2.53 bits per heavy atom. The zero-order valence-electron chi connectivity index (χ0n) is 18.8. The van der Waals surface area contributed by atoms with Crippen LogP contribution in [0.5, 0.6) is 11.5 Å². The number of nitrogens with one attached hydrogen (secondary N) is 1. The molecule has 0 saturated carbocycles. The van der Waals surface area contributed by atoms with E-state index < -0.39 is 10.8 Å². The Bertz CT molecular complexity index is 1370. The van der Waals surface area contributed by atoms with Crippen LogP contribution in [-0.2, 0) is 11.4 Å². The van der Waals surface area contributed by atoms with Crippen molar-refractivity contribution in [1.82, 2.24) is 0 Å². The highest BCUT2D eigenvalue weighted by Crippen LogP contribution is 2.38. The molecule has 0 saturated heterocycles. The summed E-state index contributed by atoms with van der Waals surface area (Å²) in [5.74, 6) is 0.0823. The molecule has 0 aliphatic rings. The molecule has 3 rings (SSSR count). The molecule has 0 spiro atoms. The van der Waals surface area contributed by atoms with E-state index >= 15 is 0 Å². The molecular formula is C25H18BrCl2N3O5. The molecule has 0 bridgehead atoms. The average Bonchev–Trinajstić information content (AvgIpc) is 2.84. The summed E-state index contributed by atoms with van der Waals surface area (Å²) in [7, 11) is 0. The minimum absolute atomic E-state index is 0.0131. The lowest BCUT2D eigenvalue weighted by atomic mass is 10.1. The Balaban J connectivity index is 1.86. The smallest absolute Gasteiger partial charge is 0.271 e. The number of carbonyl (C=O) groups excluding carboxylic acids is 1. The Kier molecular flexibility index (Phi) is 9.31. The second-order valence-corrected chi connectivity index (χ2v) is 8.92. The molecule has 0 unspecified atom stereocenters. The van der Waals surface area contributed by atoms with Gasteiger partial charge in [0.2, 0.25) is 0 Å². The number of hydrogen-bond acceptors (Lipinski definition) is 6. The van der Waals surface area contributed by atoms with Gasteiger partial charge in [-0.15, -0.1) is 0 Å². The maximum absolute atomic E-state index is 12.7. The minimum Gasteiger partial charge on any atom is -0.490 e. The maximum Gasteiger partial charge on any atom is 0.271 e. The molecule has 3 aromatic rings. The number of nitro benzene ring substituents is 1. The Labute approximate surface area is 225 Å². The van der Waals surface area contributed by atoms with Crippen molar-refractivity contribution in [3.63, 3.8) is 0 Å². The summed E-state index contributed by atoms with van der Waals surface area (Å²) in [4.78, 5) is 23.1. The van der Waals surface area contributed by atoms with Gasteiger partial charge in [-0.25, -0.2) is 0 Å². The second-order valence-electron chi connectivity index (χ2n) is 7.22. The number of rotatable bonds is 9. The number of amides is 1. The number of non-ortho nitro benzene ring substituents is 1. The molecule has 0 atom stereocenters. The summed E-state index contributed by atoms with van der Waals surface area (Å²) >= 11 is 15.4. The minimum atomic E-state index is -0.781. The number of halogens is 3. The van der Waals surface area contributed by atoms with Crippen molar-refractivity contribution in [3.8, 4) is 17.6 Å². The van der Waals surface area contributed by atoms with Crippen molar-refractivity contribution in [1.29, 1.82) is 5.26 Å². The van der Waals surface area contributed by atoms with E-state index in [1.807, 2.05) is 25.1 Å². The number of ether oxygens (including phenoxy) is 2. The zero-order chi connectivity index (χ0) is 26.2. The van der Waals surface area contributed by atoms with E-state index in [0.29, 0.717) is 33.2 Å². The summed E-state index contributed by atoms with van der Waals surface area (Å²) in [6.07, 6.45) is 1.36. The fourth-order valence-electron chi connectivity index (χ4n) is 3.04. The van der Waals surface area contributed by atoms with Crippen LogP contribution >= 0.6 is 39.1 Å². The zero-order valence-corrected chi connectivity index (χ0v) is 21.9. The van der Waals surface area contributed by atoms with Gasteiger partial charge in [-0.05, 0) is 70.4 Å². The van der Waals surface area contributed by atoms with Gasteiger partial charge in [-0.2, -0.15) is 5.26 Å². The van der Waals surface area contributed by atoms with Crippen molar-refractivity contribution in [3.05, 3.63) is 95.9 Å². The predicted octanol–water partition coefficient (Wildman–Crippen LogP) is 7.19. The van der Waals surface area contributed by atoms with Gasteiger partial charge >= 0.3 is 0 Å². The number of nitrogens with zero attached hydrogens (tertiary/aromatic N) is 2. The van der Waals surface area contributed by atoms with E-state index in [1.54, 1.807) is 24.3 Å². The first-order chi connectivity index (χ1) is 17.2. The molecule has 1 N–H and O–H groups in total. The fourth-order valence-corrected chi connectivity index (χ4v) is 3.90. The summed E-state index contributed by atoms with van der Waals surface area (Å²) in [6, 6.07) is 16.0. The number of nitriles is 1. The van der Waals surface area contributed by atoms with Crippen LogP contribution in [0.3, 0.4) is 0 Å². The molecule has 0 aromatic heterocycles. The topological polar surface area (TPSA) is 114 Å². The van der Waals surface area contributed by atoms with Gasteiger partial charge in [-0.1, -0.05) is 35.3 Å². The van der Waals surface area contributed by atoms with E-state index in [4.69, 9.17) is 32.7 Å². The first kappa shape index (κ1) is 27.0. The van der Waals surface area contributed by atoms with Crippen LogP contribution in [0, 0.1) is 21.4 Å². The van der Waals surface area contributed by atoms with Crippen LogP contribution in [0.1, 0.15) is 18.1 Å². The first-order valence-corrected chi connectivity index (χ1v) is 12.0. The number of nitro groups is 1. The highest BCUT2D eigenvalue weighted by Gasteiger charge is 2.17. The van der Waals surface area contributed by atoms with Crippen molar-refractivity contribution in [2.24, 2.45) is 0 Å². The molecule has 184 valence electrons. The van der Waals surface area contributed by atoms with Crippen LogP contribution in [0.2, 0.25) is 10.0 Å². The largest absolute Gasteiger partial charge is 0.490 e. The highest BCUT2D eigenvalue weighted by atomic mass is 79.9. The van der Waals surface area contributed by atoms with Gasteiger partial charge in [0.15, 0.2) is 11.5 Å². The number of anilines is 1. The summed E-state index contributed by atoms with van der Waals surface area (Å²) in [5, 5.41) is 23.8. The van der Waals surface area contributed by atoms with Gasteiger partial charge in [0, 0.05) is 17.2 Å². The lowest BCUT2D eigenvalue weighted by Gasteiger charge is -2.15. The third-order valence-corrected chi connectivity index (χ3v) is 5.88. The molecule has 36 heavy (non-hydrogen) atoms. The molecular weight excluding hydrogens is 573 g/mol.